The number of nitrogens with one attached hydrogen (secondary N) is 1. The van der Waals surface area contributed by atoms with Gasteiger partial charge in [0.15, 0.2) is 5.82 Å². The topological polar surface area (TPSA) is 84.4 Å². The highest BCUT2D eigenvalue weighted by Crippen LogP contribution is 2.27. The van der Waals surface area contributed by atoms with Gasteiger partial charge in [-0.2, -0.15) is 4.98 Å². The average Bonchev–Trinajstić information content (AvgIpc) is 3.45. The Hall–Kier alpha value is -2.58. The molecule has 0 aliphatic carbocycles. The third-order valence-electron chi connectivity index (χ3n) is 5.22. The van der Waals surface area contributed by atoms with Crippen LogP contribution in [0.2, 0.25) is 0 Å². The minimum absolute atomic E-state index is 0.0476. The molecule has 0 spiro atoms. The van der Waals surface area contributed by atoms with Gasteiger partial charge in [0.25, 0.3) is 5.91 Å². The third kappa shape index (κ3) is 5.12. The third-order valence-corrected chi connectivity index (χ3v) is 6.29. The van der Waals surface area contributed by atoms with Crippen LogP contribution in [-0.4, -0.2) is 40.6 Å². The number of furan rings is 1. The van der Waals surface area contributed by atoms with Gasteiger partial charge in [-0.05, 0) is 50.2 Å². The van der Waals surface area contributed by atoms with Gasteiger partial charge >= 0.3 is 0 Å². The van der Waals surface area contributed by atoms with Gasteiger partial charge in [-0.25, -0.2) is 0 Å². The second-order valence-electron chi connectivity index (χ2n) is 7.35. The maximum atomic E-state index is 13.0. The number of amides is 1. The first kappa shape index (κ1) is 20.7. The van der Waals surface area contributed by atoms with Gasteiger partial charge in [0.05, 0.1) is 23.6 Å². The Balaban J connectivity index is 1.42. The van der Waals surface area contributed by atoms with Crippen LogP contribution in [0.4, 0.5) is 0 Å². The van der Waals surface area contributed by atoms with Gasteiger partial charge < -0.3 is 14.3 Å². The highest BCUT2D eigenvalue weighted by molar-refractivity contribution is 7.98. The van der Waals surface area contributed by atoms with Crippen molar-refractivity contribution in [1.82, 2.24) is 20.4 Å². The summed E-state index contributed by atoms with van der Waals surface area (Å²) in [6.45, 7) is 4.32. The quantitative estimate of drug-likeness (QED) is 0.540. The molecule has 1 fully saturated rings. The molecule has 2 aromatic heterocycles. The molecule has 1 N–H and O–H groups in total. The van der Waals surface area contributed by atoms with Gasteiger partial charge in [-0.1, -0.05) is 23.7 Å². The second kappa shape index (κ2) is 9.95. The van der Waals surface area contributed by atoms with Gasteiger partial charge in [0.1, 0.15) is 5.76 Å². The number of thioether (sulfide) groups is 1. The van der Waals surface area contributed by atoms with E-state index in [9.17, 15) is 4.79 Å². The number of piperidine rings is 1. The summed E-state index contributed by atoms with van der Waals surface area (Å²) in [7, 11) is 0. The SMILES string of the molecule is Cc1nc(CSc2ccccc2C(=O)NCC(c2ccco2)N2CCCCC2)no1. The van der Waals surface area contributed by atoms with E-state index >= 15 is 0 Å². The Morgan fingerprint density at radius 3 is 2.77 bits per heavy atom. The summed E-state index contributed by atoms with van der Waals surface area (Å²) >= 11 is 1.53. The Bertz CT molecular complexity index is 951. The van der Waals surface area contributed by atoms with Gasteiger partial charge in [-0.3, -0.25) is 9.69 Å². The smallest absolute Gasteiger partial charge is 0.252 e. The van der Waals surface area contributed by atoms with Gasteiger partial charge in [0, 0.05) is 18.4 Å². The van der Waals surface area contributed by atoms with E-state index in [4.69, 9.17) is 8.94 Å². The number of hydrogen-bond acceptors (Lipinski definition) is 7. The Labute approximate surface area is 180 Å². The fourth-order valence-corrected chi connectivity index (χ4v) is 4.62. The first-order valence-corrected chi connectivity index (χ1v) is 11.3. The number of hydrogen-bond donors (Lipinski definition) is 1. The van der Waals surface area contributed by atoms with Crippen LogP contribution in [0, 0.1) is 6.92 Å². The predicted octanol–water partition coefficient (Wildman–Crippen LogP) is 4.22. The highest BCUT2D eigenvalue weighted by atomic mass is 32.2. The van der Waals surface area contributed by atoms with Crippen molar-refractivity contribution in [2.24, 2.45) is 0 Å². The monoisotopic (exact) mass is 426 g/mol. The Morgan fingerprint density at radius 1 is 1.20 bits per heavy atom. The maximum absolute atomic E-state index is 13.0. The summed E-state index contributed by atoms with van der Waals surface area (Å²) in [5.41, 5.74) is 0.652. The molecule has 0 radical (unpaired) electrons. The van der Waals surface area contributed by atoms with Crippen molar-refractivity contribution >= 4 is 17.7 Å². The highest BCUT2D eigenvalue weighted by Gasteiger charge is 2.25. The summed E-state index contributed by atoms with van der Waals surface area (Å²) < 4.78 is 10.7. The van der Waals surface area contributed by atoms with Gasteiger partial charge in [0.2, 0.25) is 5.89 Å². The van der Waals surface area contributed by atoms with Crippen LogP contribution in [0.1, 0.15) is 53.1 Å². The Morgan fingerprint density at radius 2 is 2.03 bits per heavy atom. The minimum Gasteiger partial charge on any atom is -0.468 e. The van der Waals surface area contributed by atoms with E-state index in [1.54, 1.807) is 13.2 Å². The van der Waals surface area contributed by atoms with Crippen LogP contribution in [0.15, 0.2) is 56.5 Å². The number of carbonyl (C=O) groups is 1. The van der Waals surface area contributed by atoms with Gasteiger partial charge in [-0.15, -0.1) is 11.8 Å². The first-order chi connectivity index (χ1) is 14.7. The maximum Gasteiger partial charge on any atom is 0.252 e. The van der Waals surface area contributed by atoms with Crippen molar-refractivity contribution < 1.29 is 13.7 Å². The van der Waals surface area contributed by atoms with E-state index in [0.717, 1.165) is 23.7 Å². The first-order valence-electron chi connectivity index (χ1n) is 10.3. The largest absolute Gasteiger partial charge is 0.468 e. The molecule has 1 unspecified atom stereocenters. The van der Waals surface area contributed by atoms with Crippen LogP contribution in [0.3, 0.4) is 0 Å². The lowest BCUT2D eigenvalue weighted by Gasteiger charge is -2.33. The molecule has 1 saturated heterocycles. The summed E-state index contributed by atoms with van der Waals surface area (Å²) in [5.74, 6) is 2.52. The van der Waals surface area contributed by atoms with Crippen molar-refractivity contribution in [1.29, 1.82) is 0 Å². The number of aryl methyl sites for hydroxylation is 1. The molecular formula is C22H26N4O3S. The van der Waals surface area contributed by atoms with Crippen LogP contribution in [0.25, 0.3) is 0 Å². The lowest BCUT2D eigenvalue weighted by Crippen LogP contribution is -2.40. The van der Waals surface area contributed by atoms with Crippen LogP contribution < -0.4 is 5.32 Å². The van der Waals surface area contributed by atoms with E-state index in [2.05, 4.69) is 20.4 Å². The number of aromatic nitrogens is 2. The molecule has 7 nitrogen and oxygen atoms in total. The zero-order valence-electron chi connectivity index (χ0n) is 17.0. The average molecular weight is 427 g/mol. The molecule has 1 aromatic carbocycles. The molecule has 8 heteroatoms. The summed E-state index contributed by atoms with van der Waals surface area (Å²) in [6, 6.07) is 11.5. The van der Waals surface area contributed by atoms with Crippen LogP contribution in [0.5, 0.6) is 0 Å². The fourth-order valence-electron chi connectivity index (χ4n) is 3.73. The zero-order chi connectivity index (χ0) is 20.8. The van der Waals surface area contributed by atoms with E-state index in [1.807, 2.05) is 36.4 Å². The zero-order valence-corrected chi connectivity index (χ0v) is 17.9. The molecule has 4 rings (SSSR count). The van der Waals surface area contributed by atoms with Crippen molar-refractivity contribution in [3.8, 4) is 0 Å². The van der Waals surface area contributed by atoms with E-state index in [1.165, 1.54) is 31.0 Å². The molecule has 1 aliphatic rings. The summed E-state index contributed by atoms with van der Waals surface area (Å²) in [6.07, 6.45) is 5.32. The van der Waals surface area contributed by atoms with Crippen LogP contribution in [-0.2, 0) is 5.75 Å². The fraction of sp³-hybridized carbons (Fsp3) is 0.409. The Kier molecular flexibility index (Phi) is 6.86. The number of carbonyl (C=O) groups excluding carboxylic acids is 1. The van der Waals surface area contributed by atoms with E-state index < -0.39 is 0 Å². The molecule has 158 valence electrons. The standard InChI is InChI=1S/C22H26N4O3S/c1-16-24-21(25-29-16)15-30-20-10-4-3-8-17(20)22(27)23-14-18(19-9-7-13-28-19)26-11-5-2-6-12-26/h3-4,7-10,13,18H,2,5-6,11-12,14-15H2,1H3,(H,23,27). The van der Waals surface area contributed by atoms with E-state index in [-0.39, 0.29) is 11.9 Å². The molecule has 0 bridgehead atoms. The second-order valence-corrected chi connectivity index (χ2v) is 8.37. The number of likely N-dealkylation sites (tertiary alicyclic amines) is 1. The normalized spacial score (nSPS) is 15.8. The lowest BCUT2D eigenvalue weighted by atomic mass is 10.1. The summed E-state index contributed by atoms with van der Waals surface area (Å²) in [4.78, 5) is 20.5. The van der Waals surface area contributed by atoms with Crippen molar-refractivity contribution in [3.63, 3.8) is 0 Å². The van der Waals surface area contributed by atoms with Crippen molar-refractivity contribution in [2.75, 3.05) is 19.6 Å². The number of benzene rings is 1. The molecule has 1 aliphatic heterocycles. The summed E-state index contributed by atoms with van der Waals surface area (Å²) in [5, 5.41) is 7.05. The van der Waals surface area contributed by atoms with Crippen molar-refractivity contribution in [3.05, 3.63) is 65.7 Å². The molecule has 30 heavy (non-hydrogen) atoms. The lowest BCUT2D eigenvalue weighted by molar-refractivity contribution is 0.0911. The minimum atomic E-state index is -0.0871. The molecule has 1 amide bonds. The predicted molar refractivity (Wildman–Crippen MR) is 114 cm³/mol. The molecular weight excluding hydrogens is 400 g/mol. The molecule has 0 saturated carbocycles. The number of nitrogens with zero attached hydrogens (tertiary/aromatic N) is 3. The number of rotatable bonds is 8. The molecule has 3 heterocycles. The molecule has 3 aromatic rings. The molecule has 1 atom stereocenters. The van der Waals surface area contributed by atoms with Crippen LogP contribution >= 0.6 is 11.8 Å². The van der Waals surface area contributed by atoms with E-state index in [0.29, 0.717) is 29.6 Å². The van der Waals surface area contributed by atoms with Crippen molar-refractivity contribution in [2.45, 2.75) is 42.9 Å².